The Morgan fingerprint density at radius 2 is 1.86 bits per heavy atom. The van der Waals surface area contributed by atoms with E-state index in [-0.39, 0.29) is 12.1 Å². The number of nitrogens with zero attached hydrogens (tertiary/aromatic N) is 3. The molecule has 0 unspecified atom stereocenters. The first-order valence-electron chi connectivity index (χ1n) is 11.6. The summed E-state index contributed by atoms with van der Waals surface area (Å²) in [6.45, 7) is 6.31. The molecule has 0 radical (unpaired) electrons. The maximum absolute atomic E-state index is 6.40. The Labute approximate surface area is 230 Å². The Morgan fingerprint density at radius 3 is 2.56 bits per heavy atom. The van der Waals surface area contributed by atoms with Gasteiger partial charge in [0, 0.05) is 32.8 Å². The van der Waals surface area contributed by atoms with Crippen LogP contribution in [-0.2, 0) is 0 Å². The van der Waals surface area contributed by atoms with Gasteiger partial charge in [-0.2, -0.15) is 0 Å². The van der Waals surface area contributed by atoms with E-state index in [9.17, 15) is 0 Å². The van der Waals surface area contributed by atoms with Crippen molar-refractivity contribution in [1.82, 2.24) is 14.9 Å². The maximum atomic E-state index is 6.40. The minimum Gasteiger partial charge on any atom is -0.495 e. The molecule has 0 spiro atoms. The zero-order valence-corrected chi connectivity index (χ0v) is 23.6. The summed E-state index contributed by atoms with van der Waals surface area (Å²) in [7, 11) is 1.68. The van der Waals surface area contributed by atoms with Crippen LogP contribution in [0.2, 0.25) is 5.02 Å². The molecule has 5 rings (SSSR count). The lowest BCUT2D eigenvalue weighted by atomic mass is 9.96. The zero-order valence-electron chi connectivity index (χ0n) is 20.4. The highest BCUT2D eigenvalue weighted by molar-refractivity contribution is 9.10. The van der Waals surface area contributed by atoms with E-state index in [0.29, 0.717) is 10.1 Å². The van der Waals surface area contributed by atoms with Crippen molar-refractivity contribution in [2.75, 3.05) is 12.0 Å². The highest BCUT2D eigenvalue weighted by Gasteiger charge is 2.42. The standard InChI is InChI=1S/C28H26BrClN4OS/c1-16-13-20(9-10-22(16)29)34-27(26(32-28(34)36)23-7-5-6-12-31-23)21-14-17(2)33(18(21)3)24-15-19(30)8-11-25(24)35-4/h5-15,26-27H,1-4H3,(H,32,36)/t26-,27-/m0/s1. The molecule has 2 atom stereocenters. The monoisotopic (exact) mass is 580 g/mol. The molecular weight excluding hydrogens is 556 g/mol. The quantitative estimate of drug-likeness (QED) is 0.249. The number of benzene rings is 2. The lowest BCUT2D eigenvalue weighted by molar-refractivity contribution is 0.412. The molecule has 3 heterocycles. The molecule has 1 aliphatic heterocycles. The summed E-state index contributed by atoms with van der Waals surface area (Å²) in [5, 5.41) is 4.88. The minimum absolute atomic E-state index is 0.113. The number of nitrogens with one attached hydrogen (secondary N) is 1. The molecule has 0 saturated carbocycles. The van der Waals surface area contributed by atoms with Crippen LogP contribution < -0.4 is 15.0 Å². The molecule has 0 amide bonds. The molecule has 1 N–H and O–H groups in total. The summed E-state index contributed by atoms with van der Waals surface area (Å²) in [5.41, 5.74) is 7.33. The van der Waals surface area contributed by atoms with Crippen LogP contribution in [-0.4, -0.2) is 21.8 Å². The van der Waals surface area contributed by atoms with Crippen LogP contribution in [0.5, 0.6) is 5.75 Å². The topological polar surface area (TPSA) is 42.3 Å². The Bertz CT molecular complexity index is 1460. The Hall–Kier alpha value is -2.87. The van der Waals surface area contributed by atoms with Crippen molar-refractivity contribution >= 4 is 50.5 Å². The van der Waals surface area contributed by atoms with E-state index < -0.39 is 0 Å². The zero-order chi connectivity index (χ0) is 25.6. The van der Waals surface area contributed by atoms with Gasteiger partial charge in [0.25, 0.3) is 0 Å². The molecule has 184 valence electrons. The first kappa shape index (κ1) is 24.8. The second-order valence-electron chi connectivity index (χ2n) is 8.91. The number of pyridine rings is 1. The maximum Gasteiger partial charge on any atom is 0.174 e. The number of halogens is 2. The Morgan fingerprint density at radius 1 is 1.06 bits per heavy atom. The fraction of sp³-hybridized carbons (Fsp3) is 0.214. The number of rotatable bonds is 5. The molecule has 36 heavy (non-hydrogen) atoms. The van der Waals surface area contributed by atoms with Gasteiger partial charge in [0.05, 0.1) is 30.6 Å². The average molecular weight is 582 g/mol. The molecule has 0 bridgehead atoms. The first-order chi connectivity index (χ1) is 17.3. The van der Waals surface area contributed by atoms with E-state index in [4.69, 9.17) is 28.6 Å². The first-order valence-corrected chi connectivity index (χ1v) is 13.2. The molecule has 2 aromatic carbocycles. The van der Waals surface area contributed by atoms with Crippen molar-refractivity contribution in [3.05, 3.63) is 105 Å². The van der Waals surface area contributed by atoms with Gasteiger partial charge in [-0.15, -0.1) is 0 Å². The van der Waals surface area contributed by atoms with Gasteiger partial charge in [-0.25, -0.2) is 0 Å². The third-order valence-electron chi connectivity index (χ3n) is 6.69. The summed E-state index contributed by atoms with van der Waals surface area (Å²) in [5.74, 6) is 0.759. The second kappa shape index (κ2) is 9.88. The van der Waals surface area contributed by atoms with Gasteiger partial charge >= 0.3 is 0 Å². The van der Waals surface area contributed by atoms with E-state index in [1.54, 1.807) is 7.11 Å². The van der Waals surface area contributed by atoms with Crippen molar-refractivity contribution in [2.24, 2.45) is 0 Å². The number of aryl methyl sites for hydroxylation is 2. The van der Waals surface area contributed by atoms with E-state index in [1.165, 1.54) is 0 Å². The summed E-state index contributed by atoms with van der Waals surface area (Å²) in [6, 6.07) is 20.0. The molecule has 1 fully saturated rings. The third-order valence-corrected chi connectivity index (χ3v) is 8.13. The molecular formula is C28H26BrClN4OS. The van der Waals surface area contributed by atoms with Gasteiger partial charge in [0.15, 0.2) is 5.11 Å². The molecule has 1 aliphatic rings. The molecule has 0 aliphatic carbocycles. The predicted molar refractivity (Wildman–Crippen MR) is 154 cm³/mol. The smallest absolute Gasteiger partial charge is 0.174 e. The summed E-state index contributed by atoms with van der Waals surface area (Å²) in [4.78, 5) is 6.89. The van der Waals surface area contributed by atoms with E-state index in [0.717, 1.165) is 49.8 Å². The molecule has 5 nitrogen and oxygen atoms in total. The van der Waals surface area contributed by atoms with E-state index in [2.05, 4.69) is 80.7 Å². The van der Waals surface area contributed by atoms with Crippen LogP contribution in [0.3, 0.4) is 0 Å². The average Bonchev–Trinajstić information content (AvgIpc) is 3.36. The molecule has 1 saturated heterocycles. The van der Waals surface area contributed by atoms with Crippen molar-refractivity contribution in [3.8, 4) is 11.4 Å². The fourth-order valence-electron chi connectivity index (χ4n) is 5.02. The SMILES string of the molecule is COc1ccc(Cl)cc1-n1c(C)cc([C@H]2[C@H](c3ccccn3)NC(=S)N2c2ccc(Br)c(C)c2)c1C. The van der Waals surface area contributed by atoms with Crippen LogP contribution in [0, 0.1) is 20.8 Å². The van der Waals surface area contributed by atoms with Gasteiger partial charge in [-0.05, 0) is 98.7 Å². The molecule has 4 aromatic rings. The van der Waals surface area contributed by atoms with Crippen LogP contribution in [0.1, 0.15) is 40.3 Å². The minimum atomic E-state index is -0.127. The van der Waals surface area contributed by atoms with Crippen LogP contribution in [0.15, 0.2) is 71.3 Å². The van der Waals surface area contributed by atoms with Gasteiger partial charge in [0.1, 0.15) is 5.75 Å². The van der Waals surface area contributed by atoms with Crippen molar-refractivity contribution in [1.29, 1.82) is 0 Å². The lowest BCUT2D eigenvalue weighted by Gasteiger charge is -2.28. The lowest BCUT2D eigenvalue weighted by Crippen LogP contribution is -2.29. The van der Waals surface area contributed by atoms with Gasteiger partial charge in [-0.1, -0.05) is 33.6 Å². The van der Waals surface area contributed by atoms with Gasteiger partial charge in [-0.3, -0.25) is 4.98 Å². The molecule has 8 heteroatoms. The predicted octanol–water partition coefficient (Wildman–Crippen LogP) is 7.40. The number of anilines is 1. The second-order valence-corrected chi connectivity index (χ2v) is 10.6. The summed E-state index contributed by atoms with van der Waals surface area (Å²) in [6.07, 6.45) is 1.82. The normalized spacial score (nSPS) is 17.4. The van der Waals surface area contributed by atoms with E-state index >= 15 is 0 Å². The number of methoxy groups -OCH3 is 1. The fourth-order valence-corrected chi connectivity index (χ4v) is 5.78. The largest absolute Gasteiger partial charge is 0.495 e. The van der Waals surface area contributed by atoms with Crippen molar-refractivity contribution in [2.45, 2.75) is 32.9 Å². The number of thiocarbonyl (C=S) groups is 1. The number of ether oxygens (including phenoxy) is 1. The van der Waals surface area contributed by atoms with Gasteiger partial charge in [0.2, 0.25) is 0 Å². The number of hydrogen-bond acceptors (Lipinski definition) is 3. The van der Waals surface area contributed by atoms with Crippen LogP contribution in [0.4, 0.5) is 5.69 Å². The Balaban J connectivity index is 1.71. The van der Waals surface area contributed by atoms with Crippen molar-refractivity contribution in [3.63, 3.8) is 0 Å². The number of aromatic nitrogens is 2. The summed E-state index contributed by atoms with van der Waals surface area (Å²) >= 11 is 15.9. The summed E-state index contributed by atoms with van der Waals surface area (Å²) < 4.78 is 8.94. The number of hydrogen-bond donors (Lipinski definition) is 1. The highest BCUT2D eigenvalue weighted by atomic mass is 79.9. The Kier molecular flexibility index (Phi) is 6.81. The van der Waals surface area contributed by atoms with Crippen LogP contribution in [0.25, 0.3) is 5.69 Å². The van der Waals surface area contributed by atoms with Crippen LogP contribution >= 0.6 is 39.7 Å². The highest BCUT2D eigenvalue weighted by Crippen LogP contribution is 2.44. The van der Waals surface area contributed by atoms with E-state index in [1.807, 2.05) is 42.6 Å². The van der Waals surface area contributed by atoms with Gasteiger partial charge < -0.3 is 19.5 Å². The molecule has 2 aromatic heterocycles. The van der Waals surface area contributed by atoms with Crippen molar-refractivity contribution < 1.29 is 4.74 Å². The third kappa shape index (κ3) is 4.29.